The number of methoxy groups -OCH3 is 1. The fraction of sp³-hybridized carbons (Fsp3) is 0.100. The van der Waals surface area contributed by atoms with Crippen molar-refractivity contribution in [1.82, 2.24) is 4.98 Å². The molecule has 1 amide bonds. The number of carbonyl (C=O) groups excluding carboxylic acids is 1. The number of rotatable bonds is 5. The Balaban J connectivity index is 1.63. The Morgan fingerprint density at radius 2 is 2.08 bits per heavy atom. The number of fused-ring (bicyclic) bond motifs is 1. The van der Waals surface area contributed by atoms with E-state index in [9.17, 15) is 4.79 Å². The maximum Gasteiger partial charge on any atom is 0.229 e. The first kappa shape index (κ1) is 16.4. The highest BCUT2D eigenvalue weighted by molar-refractivity contribution is 7.10. The highest BCUT2D eigenvalue weighted by atomic mass is 32.1. The number of anilines is 1. The third-order valence-corrected chi connectivity index (χ3v) is 4.81. The third kappa shape index (κ3) is 3.32. The van der Waals surface area contributed by atoms with Gasteiger partial charge in [0.15, 0.2) is 5.58 Å². The molecule has 2 aromatic carbocycles. The number of hydrogen-bond acceptors (Lipinski definition) is 5. The van der Waals surface area contributed by atoms with Crippen LogP contribution in [0.25, 0.3) is 22.6 Å². The van der Waals surface area contributed by atoms with Gasteiger partial charge in [-0.15, -0.1) is 11.3 Å². The van der Waals surface area contributed by atoms with E-state index >= 15 is 0 Å². The largest absolute Gasteiger partial charge is 0.495 e. The first-order chi connectivity index (χ1) is 12.7. The van der Waals surface area contributed by atoms with Crippen LogP contribution < -0.4 is 10.1 Å². The molecule has 6 heteroatoms. The number of nitrogens with zero attached hydrogens (tertiary/aromatic N) is 1. The van der Waals surface area contributed by atoms with Gasteiger partial charge < -0.3 is 14.5 Å². The molecule has 1 N–H and O–H groups in total. The number of aromatic nitrogens is 1. The van der Waals surface area contributed by atoms with E-state index in [1.807, 2.05) is 53.9 Å². The number of carbonyl (C=O) groups is 1. The smallest absolute Gasteiger partial charge is 0.229 e. The van der Waals surface area contributed by atoms with E-state index in [1.54, 1.807) is 24.5 Å². The highest BCUT2D eigenvalue weighted by Gasteiger charge is 2.13. The van der Waals surface area contributed by atoms with Crippen molar-refractivity contribution in [3.63, 3.8) is 0 Å². The Labute approximate surface area is 154 Å². The van der Waals surface area contributed by atoms with Crippen LogP contribution in [0, 0.1) is 0 Å². The minimum absolute atomic E-state index is 0.0968. The lowest BCUT2D eigenvalue weighted by Gasteiger charge is -2.11. The molecular weight excluding hydrogens is 348 g/mol. The van der Waals surface area contributed by atoms with Crippen LogP contribution in [0.15, 0.2) is 64.4 Å². The van der Waals surface area contributed by atoms with Crippen molar-refractivity contribution in [3.05, 3.63) is 64.9 Å². The van der Waals surface area contributed by atoms with E-state index in [0.29, 0.717) is 23.7 Å². The normalized spacial score (nSPS) is 10.8. The number of oxazole rings is 1. The number of benzene rings is 2. The summed E-state index contributed by atoms with van der Waals surface area (Å²) in [6.45, 7) is 0. The summed E-state index contributed by atoms with van der Waals surface area (Å²) >= 11 is 1.56. The molecule has 4 aromatic rings. The van der Waals surface area contributed by atoms with Crippen LogP contribution in [0.3, 0.4) is 0 Å². The SMILES string of the molecule is COc1ccc(-c2nc3ccccc3o2)cc1NC(=O)Cc1cccs1. The first-order valence-corrected chi connectivity index (χ1v) is 8.97. The van der Waals surface area contributed by atoms with E-state index in [0.717, 1.165) is 21.5 Å². The minimum atomic E-state index is -0.0968. The fourth-order valence-electron chi connectivity index (χ4n) is 2.70. The summed E-state index contributed by atoms with van der Waals surface area (Å²) in [5, 5.41) is 4.87. The summed E-state index contributed by atoms with van der Waals surface area (Å²) in [4.78, 5) is 17.8. The number of para-hydroxylation sites is 2. The van der Waals surface area contributed by atoms with Gasteiger partial charge in [-0.3, -0.25) is 4.79 Å². The summed E-state index contributed by atoms with van der Waals surface area (Å²) in [5.74, 6) is 0.993. The van der Waals surface area contributed by atoms with Crippen LogP contribution in [0.2, 0.25) is 0 Å². The number of amides is 1. The molecule has 0 radical (unpaired) electrons. The van der Waals surface area contributed by atoms with Gasteiger partial charge in [-0.2, -0.15) is 0 Å². The van der Waals surface area contributed by atoms with Gasteiger partial charge in [0.1, 0.15) is 11.3 Å². The number of nitrogens with one attached hydrogen (secondary N) is 1. The Kier molecular flexibility index (Phi) is 4.41. The molecule has 0 atom stereocenters. The van der Waals surface area contributed by atoms with Crippen molar-refractivity contribution in [1.29, 1.82) is 0 Å². The van der Waals surface area contributed by atoms with Crippen LogP contribution in [0.1, 0.15) is 4.88 Å². The molecule has 0 spiro atoms. The zero-order valence-corrected chi connectivity index (χ0v) is 14.9. The highest BCUT2D eigenvalue weighted by Crippen LogP contribution is 2.32. The van der Waals surface area contributed by atoms with Crippen LogP contribution in [-0.4, -0.2) is 18.0 Å². The average Bonchev–Trinajstić information content (AvgIpc) is 3.30. The predicted molar refractivity (Wildman–Crippen MR) is 103 cm³/mol. The van der Waals surface area contributed by atoms with E-state index < -0.39 is 0 Å². The molecule has 0 bridgehead atoms. The number of ether oxygens (including phenoxy) is 1. The third-order valence-electron chi connectivity index (χ3n) is 3.93. The Bertz CT molecular complexity index is 1020. The molecule has 0 aliphatic carbocycles. The fourth-order valence-corrected chi connectivity index (χ4v) is 3.40. The van der Waals surface area contributed by atoms with Crippen molar-refractivity contribution >= 4 is 34.0 Å². The van der Waals surface area contributed by atoms with Crippen LogP contribution in [0.4, 0.5) is 5.69 Å². The second-order valence-corrected chi connectivity index (χ2v) is 6.74. The molecule has 130 valence electrons. The van der Waals surface area contributed by atoms with Crippen LogP contribution >= 0.6 is 11.3 Å². The summed E-state index contributed by atoms with van der Waals surface area (Å²) in [7, 11) is 1.57. The standard InChI is InChI=1S/C20H16N2O3S/c1-24-17-9-8-13(20-22-15-6-2-3-7-18(15)25-20)11-16(17)21-19(23)12-14-5-4-10-26-14/h2-11H,12H2,1H3,(H,21,23). The van der Waals surface area contributed by atoms with Gasteiger partial charge in [-0.25, -0.2) is 4.98 Å². The van der Waals surface area contributed by atoms with E-state index in [2.05, 4.69) is 10.3 Å². The van der Waals surface area contributed by atoms with Crippen LogP contribution in [-0.2, 0) is 11.2 Å². The number of hydrogen-bond donors (Lipinski definition) is 1. The molecule has 0 unspecified atom stereocenters. The molecule has 4 rings (SSSR count). The molecular formula is C20H16N2O3S. The minimum Gasteiger partial charge on any atom is -0.495 e. The van der Waals surface area contributed by atoms with Gasteiger partial charge in [-0.1, -0.05) is 18.2 Å². The van der Waals surface area contributed by atoms with Gasteiger partial charge in [-0.05, 0) is 41.8 Å². The Morgan fingerprint density at radius 3 is 2.85 bits per heavy atom. The molecule has 0 aliphatic heterocycles. The summed E-state index contributed by atoms with van der Waals surface area (Å²) < 4.78 is 11.2. The van der Waals surface area contributed by atoms with Crippen molar-refractivity contribution < 1.29 is 13.9 Å². The lowest BCUT2D eigenvalue weighted by atomic mass is 10.1. The average molecular weight is 364 g/mol. The summed E-state index contributed by atoms with van der Waals surface area (Å²) in [6, 6.07) is 16.9. The van der Waals surface area contributed by atoms with Gasteiger partial charge in [0.2, 0.25) is 11.8 Å². The quantitative estimate of drug-likeness (QED) is 0.555. The lowest BCUT2D eigenvalue weighted by molar-refractivity contribution is -0.115. The zero-order chi connectivity index (χ0) is 17.9. The molecule has 2 aromatic heterocycles. The predicted octanol–water partition coefficient (Wildman–Crippen LogP) is 4.75. The van der Waals surface area contributed by atoms with Crippen LogP contribution in [0.5, 0.6) is 5.75 Å². The second kappa shape index (κ2) is 7.01. The van der Waals surface area contributed by atoms with Crippen molar-refractivity contribution in [3.8, 4) is 17.2 Å². The van der Waals surface area contributed by atoms with Gasteiger partial charge in [0.05, 0.1) is 19.2 Å². The Morgan fingerprint density at radius 1 is 1.19 bits per heavy atom. The molecule has 0 aliphatic rings. The molecule has 0 fully saturated rings. The molecule has 26 heavy (non-hydrogen) atoms. The zero-order valence-electron chi connectivity index (χ0n) is 14.1. The summed E-state index contributed by atoms with van der Waals surface area (Å²) in [5.41, 5.74) is 2.88. The second-order valence-electron chi connectivity index (χ2n) is 5.71. The van der Waals surface area contributed by atoms with E-state index in [1.165, 1.54) is 0 Å². The lowest BCUT2D eigenvalue weighted by Crippen LogP contribution is -2.14. The van der Waals surface area contributed by atoms with Crippen molar-refractivity contribution in [2.75, 3.05) is 12.4 Å². The molecule has 2 heterocycles. The van der Waals surface area contributed by atoms with Crippen molar-refractivity contribution in [2.24, 2.45) is 0 Å². The van der Waals surface area contributed by atoms with E-state index in [-0.39, 0.29) is 5.91 Å². The Hall–Kier alpha value is -3.12. The first-order valence-electron chi connectivity index (χ1n) is 8.09. The molecule has 5 nitrogen and oxygen atoms in total. The number of thiophene rings is 1. The van der Waals surface area contributed by atoms with E-state index in [4.69, 9.17) is 9.15 Å². The van der Waals surface area contributed by atoms with Gasteiger partial charge >= 0.3 is 0 Å². The molecule has 0 saturated carbocycles. The molecule has 0 saturated heterocycles. The topological polar surface area (TPSA) is 64.4 Å². The van der Waals surface area contributed by atoms with Crippen molar-refractivity contribution in [2.45, 2.75) is 6.42 Å². The maximum atomic E-state index is 12.3. The summed E-state index contributed by atoms with van der Waals surface area (Å²) in [6.07, 6.45) is 0.327. The maximum absolute atomic E-state index is 12.3. The monoisotopic (exact) mass is 364 g/mol. The van der Waals surface area contributed by atoms with Gasteiger partial charge in [0, 0.05) is 10.4 Å². The van der Waals surface area contributed by atoms with Gasteiger partial charge in [0.25, 0.3) is 0 Å².